The maximum Gasteiger partial charge on any atom is 0.216 e. The van der Waals surface area contributed by atoms with E-state index >= 15 is 0 Å². The van der Waals surface area contributed by atoms with E-state index in [1.807, 2.05) is 6.07 Å². The third-order valence-corrected chi connectivity index (χ3v) is 7.00. The largest absolute Gasteiger partial charge is 0.283 e. The highest BCUT2D eigenvalue weighted by Crippen LogP contribution is 2.30. The van der Waals surface area contributed by atoms with E-state index in [4.69, 9.17) is 0 Å². The molecule has 0 bridgehead atoms. The lowest BCUT2D eigenvalue weighted by Crippen LogP contribution is -2.44. The zero-order chi connectivity index (χ0) is 14.0. The van der Waals surface area contributed by atoms with Crippen molar-refractivity contribution in [2.45, 2.75) is 50.2 Å². The fourth-order valence-corrected chi connectivity index (χ4v) is 5.68. The Kier molecular flexibility index (Phi) is 4.12. The Labute approximate surface area is 120 Å². The van der Waals surface area contributed by atoms with E-state index in [-0.39, 0.29) is 5.25 Å². The minimum atomic E-state index is -3.07. The maximum absolute atomic E-state index is 12.6. The van der Waals surface area contributed by atoms with Gasteiger partial charge in [-0.2, -0.15) is 5.10 Å². The van der Waals surface area contributed by atoms with Crippen LogP contribution in [0.4, 0.5) is 0 Å². The summed E-state index contributed by atoms with van der Waals surface area (Å²) in [4.78, 5) is 0. The molecule has 2 heterocycles. The van der Waals surface area contributed by atoms with Crippen LogP contribution in [0.1, 0.15) is 44.2 Å². The van der Waals surface area contributed by atoms with Gasteiger partial charge in [-0.15, -0.1) is 0 Å². The lowest BCUT2D eigenvalue weighted by molar-refractivity contribution is 0.262. The molecule has 112 valence electrons. The Bertz CT molecular complexity index is 521. The monoisotopic (exact) mass is 297 g/mol. The van der Waals surface area contributed by atoms with Crippen molar-refractivity contribution in [2.75, 3.05) is 13.1 Å². The van der Waals surface area contributed by atoms with Gasteiger partial charge in [-0.25, -0.2) is 12.7 Å². The average molecular weight is 297 g/mol. The van der Waals surface area contributed by atoms with Gasteiger partial charge in [0, 0.05) is 25.0 Å². The van der Waals surface area contributed by atoms with Crippen LogP contribution in [0.15, 0.2) is 12.3 Å². The third kappa shape index (κ3) is 2.91. The van der Waals surface area contributed by atoms with Gasteiger partial charge in [0.05, 0.1) is 5.25 Å². The Hall–Kier alpha value is -0.880. The summed E-state index contributed by atoms with van der Waals surface area (Å²) < 4.78 is 27.0. The van der Waals surface area contributed by atoms with Crippen molar-refractivity contribution < 1.29 is 8.42 Å². The van der Waals surface area contributed by atoms with Gasteiger partial charge in [0.1, 0.15) is 0 Å². The summed E-state index contributed by atoms with van der Waals surface area (Å²) in [6, 6.07) is 1.98. The van der Waals surface area contributed by atoms with Crippen LogP contribution in [0.5, 0.6) is 0 Å². The number of aromatic nitrogens is 2. The molecular weight excluding hydrogens is 274 g/mol. The molecule has 1 saturated heterocycles. The van der Waals surface area contributed by atoms with E-state index in [0.29, 0.717) is 19.0 Å². The number of hydrogen-bond acceptors (Lipinski definition) is 3. The van der Waals surface area contributed by atoms with E-state index in [1.54, 1.807) is 10.5 Å². The summed E-state index contributed by atoms with van der Waals surface area (Å²) in [5.74, 6) is 0.417. The third-order valence-electron chi connectivity index (χ3n) is 4.63. The summed E-state index contributed by atoms with van der Waals surface area (Å²) in [6.07, 6.45) is 8.57. The van der Waals surface area contributed by atoms with Gasteiger partial charge in [0.25, 0.3) is 0 Å². The van der Waals surface area contributed by atoms with Gasteiger partial charge in [-0.1, -0.05) is 12.8 Å². The molecule has 1 atom stereocenters. The molecule has 3 rings (SSSR count). The molecule has 0 amide bonds. The van der Waals surface area contributed by atoms with Crippen molar-refractivity contribution in [3.05, 3.63) is 18.0 Å². The van der Waals surface area contributed by atoms with E-state index in [0.717, 1.165) is 50.6 Å². The molecule has 1 aliphatic carbocycles. The van der Waals surface area contributed by atoms with Gasteiger partial charge in [0.15, 0.2) is 0 Å². The van der Waals surface area contributed by atoms with Crippen LogP contribution >= 0.6 is 0 Å². The predicted molar refractivity (Wildman–Crippen MR) is 77.8 cm³/mol. The highest BCUT2D eigenvalue weighted by atomic mass is 32.2. The molecule has 1 unspecified atom stereocenters. The first kappa shape index (κ1) is 14.1. The summed E-state index contributed by atoms with van der Waals surface area (Å²) in [5.41, 5.74) is 1.11. The first-order chi connectivity index (χ1) is 9.66. The van der Waals surface area contributed by atoms with Gasteiger partial charge in [-0.3, -0.25) is 5.10 Å². The second-order valence-corrected chi connectivity index (χ2v) is 8.32. The van der Waals surface area contributed by atoms with E-state index in [2.05, 4.69) is 10.2 Å². The minimum absolute atomic E-state index is 0.117. The predicted octanol–water partition coefficient (Wildman–Crippen LogP) is 1.94. The zero-order valence-corrected chi connectivity index (χ0v) is 12.6. The molecule has 1 N–H and O–H groups in total. The molecule has 0 spiro atoms. The van der Waals surface area contributed by atoms with Crippen molar-refractivity contribution in [3.8, 4) is 0 Å². The molecule has 1 aliphatic heterocycles. The summed E-state index contributed by atoms with van der Waals surface area (Å²) in [5, 5.41) is 6.82. The second-order valence-electron chi connectivity index (χ2n) is 6.10. The lowest BCUT2D eigenvalue weighted by Gasteiger charge is -2.33. The van der Waals surface area contributed by atoms with Crippen molar-refractivity contribution in [3.63, 3.8) is 0 Å². The number of nitrogens with zero attached hydrogens (tertiary/aromatic N) is 2. The smallest absolute Gasteiger partial charge is 0.216 e. The first-order valence-corrected chi connectivity index (χ1v) is 9.14. The van der Waals surface area contributed by atoms with E-state index in [9.17, 15) is 8.42 Å². The number of sulfonamides is 1. The quantitative estimate of drug-likeness (QED) is 0.923. The molecule has 20 heavy (non-hydrogen) atoms. The number of aromatic amines is 1. The van der Waals surface area contributed by atoms with E-state index in [1.165, 1.54) is 0 Å². The molecule has 5 nitrogen and oxygen atoms in total. The normalized spacial score (nSPS) is 26.1. The van der Waals surface area contributed by atoms with Crippen LogP contribution in [0.25, 0.3) is 0 Å². The first-order valence-electron chi connectivity index (χ1n) is 7.63. The number of nitrogens with one attached hydrogen (secondary N) is 1. The number of piperidine rings is 1. The van der Waals surface area contributed by atoms with Crippen LogP contribution in [0.2, 0.25) is 0 Å². The highest BCUT2D eigenvalue weighted by molar-refractivity contribution is 7.89. The van der Waals surface area contributed by atoms with Crippen LogP contribution < -0.4 is 0 Å². The Morgan fingerprint density at radius 3 is 2.75 bits per heavy atom. The SMILES string of the molecule is O=S(=O)(C1CCCC1)N1CCCC(Cc2ccn[nH]2)C1. The average Bonchev–Trinajstić information content (AvgIpc) is 3.12. The van der Waals surface area contributed by atoms with Crippen LogP contribution in [-0.2, 0) is 16.4 Å². The van der Waals surface area contributed by atoms with Gasteiger partial charge >= 0.3 is 0 Å². The fourth-order valence-electron chi connectivity index (χ4n) is 3.53. The Morgan fingerprint density at radius 1 is 1.25 bits per heavy atom. The lowest BCUT2D eigenvalue weighted by atomic mass is 9.95. The molecule has 0 aromatic carbocycles. The van der Waals surface area contributed by atoms with E-state index < -0.39 is 10.0 Å². The zero-order valence-electron chi connectivity index (χ0n) is 11.8. The van der Waals surface area contributed by atoms with Crippen molar-refractivity contribution >= 4 is 10.0 Å². The van der Waals surface area contributed by atoms with Gasteiger partial charge in [-0.05, 0) is 44.1 Å². The minimum Gasteiger partial charge on any atom is -0.283 e. The molecule has 1 aromatic rings. The Balaban J connectivity index is 1.65. The topological polar surface area (TPSA) is 66.1 Å². The molecule has 2 fully saturated rings. The fraction of sp³-hybridized carbons (Fsp3) is 0.786. The summed E-state index contributed by atoms with van der Waals surface area (Å²) >= 11 is 0. The number of hydrogen-bond donors (Lipinski definition) is 1. The maximum atomic E-state index is 12.6. The second kappa shape index (κ2) is 5.85. The van der Waals surface area contributed by atoms with Crippen molar-refractivity contribution in [1.29, 1.82) is 0 Å². The van der Waals surface area contributed by atoms with Crippen LogP contribution in [-0.4, -0.2) is 41.3 Å². The molecular formula is C14H23N3O2S. The van der Waals surface area contributed by atoms with Gasteiger partial charge in [0.2, 0.25) is 10.0 Å². The van der Waals surface area contributed by atoms with Crippen LogP contribution in [0.3, 0.4) is 0 Å². The van der Waals surface area contributed by atoms with Crippen molar-refractivity contribution in [2.24, 2.45) is 5.92 Å². The Morgan fingerprint density at radius 2 is 2.05 bits per heavy atom. The molecule has 6 heteroatoms. The number of H-pyrrole nitrogens is 1. The molecule has 2 aliphatic rings. The number of rotatable bonds is 4. The molecule has 1 saturated carbocycles. The van der Waals surface area contributed by atoms with Crippen molar-refractivity contribution in [1.82, 2.24) is 14.5 Å². The standard InChI is InChI=1S/C14H23N3O2S/c18-20(19,14-5-1-2-6-14)17-9-3-4-12(11-17)10-13-7-8-15-16-13/h7-8,12,14H,1-6,9-11H2,(H,15,16). The summed E-state index contributed by atoms with van der Waals surface area (Å²) in [6.45, 7) is 1.39. The molecule has 0 radical (unpaired) electrons. The summed E-state index contributed by atoms with van der Waals surface area (Å²) in [7, 11) is -3.07. The van der Waals surface area contributed by atoms with Crippen LogP contribution in [0, 0.1) is 5.92 Å². The molecule has 1 aromatic heterocycles. The highest BCUT2D eigenvalue weighted by Gasteiger charge is 2.36. The van der Waals surface area contributed by atoms with Gasteiger partial charge < -0.3 is 0 Å².